The molecule has 0 saturated heterocycles. The Kier molecular flexibility index (Phi) is 4.62. The molecule has 1 aromatic heterocycles. The molecule has 7 heteroatoms. The molecular weight excluding hydrogens is 211 g/mol. The zero-order valence-electron chi connectivity index (χ0n) is 8.94. The van der Waals surface area contributed by atoms with Crippen LogP contribution in [0.15, 0.2) is 23.4 Å². The zero-order valence-corrected chi connectivity index (χ0v) is 8.94. The summed E-state index contributed by atoms with van der Waals surface area (Å²) in [6, 6.07) is 2.72. The summed E-state index contributed by atoms with van der Waals surface area (Å²) in [6.45, 7) is 2.40. The summed E-state index contributed by atoms with van der Waals surface area (Å²) in [5.41, 5.74) is 16.8. The monoisotopic (exact) mass is 226 g/mol. The molecule has 0 aromatic carbocycles. The molecule has 0 saturated carbocycles. The molecule has 0 amide bonds. The van der Waals surface area contributed by atoms with Crippen LogP contribution in [0, 0.1) is 5.82 Å². The van der Waals surface area contributed by atoms with Gasteiger partial charge in [-0.1, -0.05) is 0 Å². The summed E-state index contributed by atoms with van der Waals surface area (Å²) < 4.78 is 12.6. The number of halogens is 1. The number of nitrogens with one attached hydrogen (secondary N) is 2. The van der Waals surface area contributed by atoms with E-state index >= 15 is 0 Å². The summed E-state index contributed by atoms with van der Waals surface area (Å²) in [5.74, 6) is -0.253. The van der Waals surface area contributed by atoms with Gasteiger partial charge < -0.3 is 11.5 Å². The second-order valence-electron chi connectivity index (χ2n) is 3.33. The lowest BCUT2D eigenvalue weighted by atomic mass is 10.3. The van der Waals surface area contributed by atoms with Gasteiger partial charge in [-0.2, -0.15) is 0 Å². The topological polar surface area (TPSA) is 101 Å². The third-order valence-electron chi connectivity index (χ3n) is 1.67. The minimum absolute atomic E-state index is 0.00729. The van der Waals surface area contributed by atoms with Crippen LogP contribution in [0.5, 0.6) is 0 Å². The molecule has 6 nitrogen and oxygen atoms in total. The number of nitrogens with zero attached hydrogens (tertiary/aromatic N) is 2. The maximum Gasteiger partial charge on any atom is 0.170 e. The van der Waals surface area contributed by atoms with E-state index in [-0.39, 0.29) is 11.9 Å². The van der Waals surface area contributed by atoms with Crippen LogP contribution in [0.3, 0.4) is 0 Å². The summed E-state index contributed by atoms with van der Waals surface area (Å²) >= 11 is 0. The zero-order chi connectivity index (χ0) is 12.0. The van der Waals surface area contributed by atoms with Crippen molar-refractivity contribution < 1.29 is 4.39 Å². The summed E-state index contributed by atoms with van der Waals surface area (Å²) in [7, 11) is 0. The lowest BCUT2D eigenvalue weighted by Crippen LogP contribution is -2.38. The standard InChI is InChI=1S/C9H15FN6/c1-6(11)4-14-16-15-9(12)8-3-2-7(10)5-13-8/h2-3,5-6,14,16H,4,11H2,1H3,(H2,12,15)/t6-/m0/s1. The average Bonchev–Trinajstić information content (AvgIpc) is 2.25. The molecule has 0 radical (unpaired) electrons. The van der Waals surface area contributed by atoms with Crippen molar-refractivity contribution in [2.24, 2.45) is 16.6 Å². The Morgan fingerprint density at radius 1 is 1.62 bits per heavy atom. The van der Waals surface area contributed by atoms with Gasteiger partial charge in [0, 0.05) is 12.6 Å². The molecule has 0 aliphatic carbocycles. The van der Waals surface area contributed by atoms with Crippen LogP contribution in [0.2, 0.25) is 0 Å². The maximum absolute atomic E-state index is 12.6. The van der Waals surface area contributed by atoms with E-state index in [0.717, 1.165) is 6.20 Å². The molecule has 16 heavy (non-hydrogen) atoms. The smallest absolute Gasteiger partial charge is 0.170 e. The Labute approximate surface area is 92.9 Å². The number of hydrogen-bond donors (Lipinski definition) is 4. The number of hydrazone groups is 1. The second-order valence-corrected chi connectivity index (χ2v) is 3.33. The molecule has 0 fully saturated rings. The van der Waals surface area contributed by atoms with E-state index in [4.69, 9.17) is 11.5 Å². The fraction of sp³-hybridized carbons (Fsp3) is 0.333. The Hall–Kier alpha value is -1.73. The summed E-state index contributed by atoms with van der Waals surface area (Å²) in [4.78, 5) is 3.77. The van der Waals surface area contributed by atoms with Gasteiger partial charge >= 0.3 is 0 Å². The Balaban J connectivity index is 2.47. The predicted octanol–water partition coefficient (Wildman–Crippen LogP) is -0.718. The number of aromatic nitrogens is 1. The fourth-order valence-corrected chi connectivity index (χ4v) is 0.891. The highest BCUT2D eigenvalue weighted by molar-refractivity contribution is 5.95. The Bertz CT molecular complexity index is 348. The highest BCUT2D eigenvalue weighted by atomic mass is 19.1. The molecule has 0 bridgehead atoms. The third-order valence-corrected chi connectivity index (χ3v) is 1.67. The Morgan fingerprint density at radius 2 is 2.38 bits per heavy atom. The number of pyridine rings is 1. The van der Waals surface area contributed by atoms with Crippen molar-refractivity contribution in [2.45, 2.75) is 13.0 Å². The van der Waals surface area contributed by atoms with E-state index in [1.165, 1.54) is 12.1 Å². The molecule has 0 spiro atoms. The van der Waals surface area contributed by atoms with Gasteiger partial charge in [0.05, 0.1) is 6.20 Å². The van der Waals surface area contributed by atoms with Gasteiger partial charge in [0.15, 0.2) is 5.84 Å². The number of amidine groups is 1. The van der Waals surface area contributed by atoms with Crippen LogP contribution in [0.4, 0.5) is 4.39 Å². The molecule has 1 atom stereocenters. The van der Waals surface area contributed by atoms with Crippen molar-refractivity contribution in [3.05, 3.63) is 29.8 Å². The number of hydrogen-bond acceptors (Lipinski definition) is 5. The normalized spacial score (nSPS) is 13.6. The van der Waals surface area contributed by atoms with E-state index < -0.39 is 5.82 Å². The lowest BCUT2D eigenvalue weighted by Gasteiger charge is -2.06. The van der Waals surface area contributed by atoms with E-state index in [9.17, 15) is 4.39 Å². The van der Waals surface area contributed by atoms with E-state index in [1.807, 2.05) is 6.92 Å². The van der Waals surface area contributed by atoms with Crippen molar-refractivity contribution in [1.29, 1.82) is 0 Å². The van der Waals surface area contributed by atoms with Crippen LogP contribution < -0.4 is 22.4 Å². The molecule has 1 aromatic rings. The first kappa shape index (κ1) is 12.3. The van der Waals surface area contributed by atoms with Crippen molar-refractivity contribution in [1.82, 2.24) is 15.9 Å². The van der Waals surface area contributed by atoms with E-state index in [2.05, 4.69) is 21.0 Å². The van der Waals surface area contributed by atoms with Gasteiger partial charge in [0.2, 0.25) is 0 Å². The van der Waals surface area contributed by atoms with Gasteiger partial charge in [0.25, 0.3) is 0 Å². The number of nitrogens with two attached hydrogens (primary N) is 2. The van der Waals surface area contributed by atoms with Gasteiger partial charge in [-0.15, -0.1) is 5.10 Å². The van der Waals surface area contributed by atoms with Crippen molar-refractivity contribution in [2.75, 3.05) is 6.54 Å². The first-order chi connectivity index (χ1) is 7.59. The Morgan fingerprint density at radius 3 is 2.94 bits per heavy atom. The van der Waals surface area contributed by atoms with E-state index in [1.54, 1.807) is 0 Å². The molecular formula is C9H15FN6. The van der Waals surface area contributed by atoms with Crippen LogP contribution >= 0.6 is 0 Å². The van der Waals surface area contributed by atoms with Gasteiger partial charge in [-0.3, -0.25) is 0 Å². The second kappa shape index (κ2) is 5.99. The van der Waals surface area contributed by atoms with Crippen LogP contribution in [0.1, 0.15) is 12.6 Å². The molecule has 0 aliphatic heterocycles. The fourth-order valence-electron chi connectivity index (χ4n) is 0.891. The minimum Gasteiger partial charge on any atom is -0.380 e. The lowest BCUT2D eigenvalue weighted by molar-refractivity contribution is 0.518. The van der Waals surface area contributed by atoms with Gasteiger partial charge in [-0.25, -0.2) is 20.3 Å². The average molecular weight is 226 g/mol. The summed E-state index contributed by atoms with van der Waals surface area (Å²) in [5, 5.41) is 3.79. The van der Waals surface area contributed by atoms with Crippen LogP contribution in [-0.4, -0.2) is 23.4 Å². The van der Waals surface area contributed by atoms with Crippen LogP contribution in [-0.2, 0) is 0 Å². The maximum atomic E-state index is 12.6. The highest BCUT2D eigenvalue weighted by Gasteiger charge is 1.99. The highest BCUT2D eigenvalue weighted by Crippen LogP contribution is 1.96. The summed E-state index contributed by atoms with van der Waals surface area (Å²) in [6.07, 6.45) is 1.08. The van der Waals surface area contributed by atoms with E-state index in [0.29, 0.717) is 12.2 Å². The molecule has 1 heterocycles. The first-order valence-corrected chi connectivity index (χ1v) is 4.78. The third kappa shape index (κ3) is 4.20. The van der Waals surface area contributed by atoms with Crippen LogP contribution in [0.25, 0.3) is 0 Å². The molecule has 0 aliphatic rings. The first-order valence-electron chi connectivity index (χ1n) is 4.78. The largest absolute Gasteiger partial charge is 0.380 e. The molecule has 0 unspecified atom stereocenters. The quantitative estimate of drug-likeness (QED) is 0.230. The molecule has 1 rings (SSSR count). The SMILES string of the molecule is C[C@H](N)CNNN=C(N)c1ccc(F)cn1. The van der Waals surface area contributed by atoms with Crippen molar-refractivity contribution in [3.63, 3.8) is 0 Å². The minimum atomic E-state index is -0.417. The number of rotatable bonds is 5. The molecule has 88 valence electrons. The van der Waals surface area contributed by atoms with Gasteiger partial charge in [-0.05, 0) is 19.1 Å². The number of hydrazine groups is 1. The van der Waals surface area contributed by atoms with Gasteiger partial charge in [0.1, 0.15) is 11.5 Å². The predicted molar refractivity (Wildman–Crippen MR) is 59.7 cm³/mol. The molecule has 6 N–H and O–H groups in total. The van der Waals surface area contributed by atoms with Crippen molar-refractivity contribution >= 4 is 5.84 Å². The van der Waals surface area contributed by atoms with Crippen molar-refractivity contribution in [3.8, 4) is 0 Å².